The largest absolute Gasteiger partial charge is 0.418 e. The first-order chi connectivity index (χ1) is 7.27. The Morgan fingerprint density at radius 2 is 1.94 bits per heavy atom. The normalized spacial score (nSPS) is 12.2. The minimum atomic E-state index is -4.86. The number of alkyl halides is 6. The summed E-state index contributed by atoms with van der Waals surface area (Å²) in [4.78, 5) is 3.24. The molecule has 0 radical (unpaired) electrons. The number of pyridine rings is 1. The number of aromatic nitrogens is 1. The van der Waals surface area contributed by atoms with Crippen LogP contribution >= 0.6 is 34.2 Å². The molecule has 16 heavy (non-hydrogen) atoms. The highest BCUT2D eigenvalue weighted by atomic mass is 127. The Morgan fingerprint density at radius 3 is 2.31 bits per heavy atom. The summed E-state index contributed by atoms with van der Waals surface area (Å²) < 4.78 is 62.1. The molecule has 0 saturated carbocycles. The van der Waals surface area contributed by atoms with Crippen molar-refractivity contribution in [3.05, 3.63) is 26.6 Å². The van der Waals surface area contributed by atoms with Gasteiger partial charge in [-0.05, 0) is 34.2 Å². The van der Waals surface area contributed by atoms with Crippen LogP contribution < -0.4 is 0 Å². The number of hydrogen-bond acceptors (Lipinski definition) is 1. The van der Waals surface area contributed by atoms with Gasteiger partial charge < -0.3 is 0 Å². The van der Waals surface area contributed by atoms with Gasteiger partial charge in [0.2, 0.25) is 0 Å². The van der Waals surface area contributed by atoms with Crippen molar-refractivity contribution in [2.45, 2.75) is 18.5 Å². The van der Waals surface area contributed by atoms with E-state index in [9.17, 15) is 22.0 Å². The molecule has 0 bridgehead atoms. The Balaban J connectivity index is 3.43. The van der Waals surface area contributed by atoms with Gasteiger partial charge in [0.25, 0.3) is 6.43 Å². The minimum absolute atomic E-state index is 0.0518. The predicted molar refractivity (Wildman–Crippen MR) is 56.5 cm³/mol. The van der Waals surface area contributed by atoms with Gasteiger partial charge in [-0.3, -0.25) is 0 Å². The molecule has 90 valence electrons. The van der Waals surface area contributed by atoms with Crippen LogP contribution in [-0.4, -0.2) is 4.98 Å². The third-order valence-electron chi connectivity index (χ3n) is 1.73. The van der Waals surface area contributed by atoms with E-state index in [0.717, 1.165) is 0 Å². The fraction of sp³-hybridized carbons (Fsp3) is 0.375. The van der Waals surface area contributed by atoms with Crippen molar-refractivity contribution < 1.29 is 22.0 Å². The zero-order valence-electron chi connectivity index (χ0n) is 7.45. The van der Waals surface area contributed by atoms with Crippen LogP contribution in [0.5, 0.6) is 0 Å². The second kappa shape index (κ2) is 4.99. The smallest absolute Gasteiger partial charge is 0.240 e. The van der Waals surface area contributed by atoms with Crippen LogP contribution in [0.15, 0.2) is 6.07 Å². The molecule has 0 saturated heterocycles. The lowest BCUT2D eigenvalue weighted by Crippen LogP contribution is -2.13. The van der Waals surface area contributed by atoms with E-state index in [0.29, 0.717) is 6.07 Å². The average Bonchev–Trinajstić information content (AvgIpc) is 2.15. The fourth-order valence-corrected chi connectivity index (χ4v) is 2.07. The Kier molecular flexibility index (Phi) is 4.33. The average molecular weight is 371 g/mol. The van der Waals surface area contributed by atoms with Crippen molar-refractivity contribution in [3.8, 4) is 0 Å². The van der Waals surface area contributed by atoms with E-state index in [-0.39, 0.29) is 15.1 Å². The van der Waals surface area contributed by atoms with Gasteiger partial charge in [-0.1, -0.05) is 0 Å². The summed E-state index contributed by atoms with van der Waals surface area (Å²) in [5.74, 6) is -0.210. The van der Waals surface area contributed by atoms with E-state index in [1.165, 1.54) is 0 Å². The molecule has 1 rings (SSSR count). The molecule has 0 aliphatic rings. The summed E-state index contributed by atoms with van der Waals surface area (Å²) in [5.41, 5.74) is -2.61. The minimum Gasteiger partial charge on any atom is -0.240 e. The zero-order valence-corrected chi connectivity index (χ0v) is 10.4. The zero-order chi connectivity index (χ0) is 12.5. The maximum atomic E-state index is 12.4. The van der Waals surface area contributed by atoms with Crippen molar-refractivity contribution in [3.63, 3.8) is 0 Å². The molecule has 0 atom stereocenters. The molecule has 0 fully saturated rings. The van der Waals surface area contributed by atoms with Crippen molar-refractivity contribution >= 4 is 34.2 Å². The highest BCUT2D eigenvalue weighted by Crippen LogP contribution is 2.36. The highest BCUT2D eigenvalue weighted by Gasteiger charge is 2.37. The van der Waals surface area contributed by atoms with Crippen molar-refractivity contribution in [1.29, 1.82) is 0 Å². The standard InChI is InChI=1S/C8H4ClF5IN/c9-2-3-1-4(8(12,13)14)5(6(10)11)16-7(3)15/h1,6H,2H2. The topological polar surface area (TPSA) is 12.9 Å². The fourth-order valence-electron chi connectivity index (χ4n) is 1.03. The number of rotatable bonds is 2. The van der Waals surface area contributed by atoms with Gasteiger partial charge in [-0.2, -0.15) is 13.2 Å². The summed E-state index contributed by atoms with van der Waals surface area (Å²) in [6, 6.07) is 0.614. The Bertz CT molecular complexity index is 393. The van der Waals surface area contributed by atoms with E-state index in [2.05, 4.69) is 4.98 Å². The van der Waals surface area contributed by atoms with Crippen LogP contribution in [0.1, 0.15) is 23.2 Å². The summed E-state index contributed by atoms with van der Waals surface area (Å²) in [7, 11) is 0. The van der Waals surface area contributed by atoms with E-state index >= 15 is 0 Å². The first-order valence-corrected chi connectivity index (χ1v) is 5.49. The van der Waals surface area contributed by atoms with Crippen molar-refractivity contribution in [2.75, 3.05) is 0 Å². The van der Waals surface area contributed by atoms with Crippen LogP contribution in [-0.2, 0) is 12.1 Å². The van der Waals surface area contributed by atoms with Crippen LogP contribution in [0.3, 0.4) is 0 Å². The lowest BCUT2D eigenvalue weighted by atomic mass is 10.1. The van der Waals surface area contributed by atoms with Gasteiger partial charge in [0, 0.05) is 5.88 Å². The van der Waals surface area contributed by atoms with E-state index in [4.69, 9.17) is 11.6 Å². The van der Waals surface area contributed by atoms with Crippen LogP contribution in [0, 0.1) is 3.70 Å². The lowest BCUT2D eigenvalue weighted by Gasteiger charge is -2.13. The van der Waals surface area contributed by atoms with Crippen molar-refractivity contribution in [1.82, 2.24) is 4.98 Å². The second-order valence-electron chi connectivity index (χ2n) is 2.80. The Morgan fingerprint density at radius 1 is 1.38 bits per heavy atom. The van der Waals surface area contributed by atoms with Crippen LogP contribution in [0.2, 0.25) is 0 Å². The van der Waals surface area contributed by atoms with Crippen LogP contribution in [0.4, 0.5) is 22.0 Å². The highest BCUT2D eigenvalue weighted by molar-refractivity contribution is 14.1. The number of nitrogens with zero attached hydrogens (tertiary/aromatic N) is 1. The van der Waals surface area contributed by atoms with Gasteiger partial charge in [-0.15, -0.1) is 11.6 Å². The molecule has 1 nitrogen and oxygen atoms in total. The molecule has 0 aliphatic heterocycles. The quantitative estimate of drug-likeness (QED) is 0.325. The van der Waals surface area contributed by atoms with Gasteiger partial charge >= 0.3 is 6.18 Å². The number of hydrogen-bond donors (Lipinski definition) is 0. The molecule has 1 aromatic heterocycles. The van der Waals surface area contributed by atoms with E-state index < -0.39 is 23.9 Å². The van der Waals surface area contributed by atoms with Crippen LogP contribution in [0.25, 0.3) is 0 Å². The molecule has 0 unspecified atom stereocenters. The van der Waals surface area contributed by atoms with Gasteiger partial charge in [0.15, 0.2) is 0 Å². The summed E-state index contributed by atoms with van der Waals surface area (Å²) >= 11 is 6.95. The first kappa shape index (κ1) is 13.9. The SMILES string of the molecule is FC(F)c1nc(I)c(CCl)cc1C(F)(F)F. The second-order valence-corrected chi connectivity index (χ2v) is 4.09. The van der Waals surface area contributed by atoms with Gasteiger partial charge in [0.05, 0.1) is 5.56 Å². The van der Waals surface area contributed by atoms with Gasteiger partial charge in [-0.25, -0.2) is 13.8 Å². The Hall–Kier alpha value is -0.180. The molecule has 8 heteroatoms. The van der Waals surface area contributed by atoms with E-state index in [1.54, 1.807) is 22.6 Å². The van der Waals surface area contributed by atoms with Gasteiger partial charge in [0.1, 0.15) is 9.39 Å². The molecular weight excluding hydrogens is 367 g/mol. The molecule has 0 spiro atoms. The maximum absolute atomic E-state index is 12.4. The predicted octanol–water partition coefficient (Wildman–Crippen LogP) is 4.38. The molecule has 1 aromatic rings. The first-order valence-electron chi connectivity index (χ1n) is 3.88. The molecule has 0 aliphatic carbocycles. The number of halogens is 7. The molecule has 1 heterocycles. The third kappa shape index (κ3) is 2.93. The van der Waals surface area contributed by atoms with Crippen molar-refractivity contribution in [2.24, 2.45) is 0 Å². The molecule has 0 N–H and O–H groups in total. The Labute approximate surface area is 106 Å². The monoisotopic (exact) mass is 371 g/mol. The third-order valence-corrected chi connectivity index (χ3v) is 2.96. The molecule has 0 aromatic carbocycles. The summed E-state index contributed by atoms with van der Waals surface area (Å²) in [6.07, 6.45) is -8.13. The maximum Gasteiger partial charge on any atom is 0.418 e. The molecular formula is C8H4ClF5IN. The molecule has 0 amide bonds. The van der Waals surface area contributed by atoms with E-state index in [1.807, 2.05) is 0 Å². The summed E-state index contributed by atoms with van der Waals surface area (Å²) in [5, 5.41) is 0. The lowest BCUT2D eigenvalue weighted by molar-refractivity contribution is -0.140. The summed E-state index contributed by atoms with van der Waals surface area (Å²) in [6.45, 7) is 0.